The van der Waals surface area contributed by atoms with Crippen LogP contribution in [0.15, 0.2) is 0 Å². The van der Waals surface area contributed by atoms with Crippen molar-refractivity contribution in [1.29, 1.82) is 0 Å². The number of hydrogen-bond donors (Lipinski definition) is 2. The van der Waals surface area contributed by atoms with Gasteiger partial charge in [0.25, 0.3) is 0 Å². The molecule has 0 spiro atoms. The van der Waals surface area contributed by atoms with Crippen LogP contribution in [0.3, 0.4) is 0 Å². The Bertz CT molecular complexity index is 361. The molecule has 1 saturated heterocycles. The van der Waals surface area contributed by atoms with Gasteiger partial charge in [-0.25, -0.2) is 0 Å². The molecule has 3 unspecified atom stereocenters. The van der Waals surface area contributed by atoms with Gasteiger partial charge >= 0.3 is 5.97 Å². The Labute approximate surface area is 128 Å². The van der Waals surface area contributed by atoms with Crippen LogP contribution in [-0.4, -0.2) is 59.4 Å². The average Bonchev–Trinajstić information content (AvgIpc) is 2.63. The average molecular weight is 298 g/mol. The van der Waals surface area contributed by atoms with Gasteiger partial charge in [0, 0.05) is 31.8 Å². The zero-order valence-electron chi connectivity index (χ0n) is 13.6. The third-order valence-electron chi connectivity index (χ3n) is 4.70. The summed E-state index contributed by atoms with van der Waals surface area (Å²) in [5.41, 5.74) is -0.756. The van der Waals surface area contributed by atoms with Crippen LogP contribution in [0.1, 0.15) is 52.9 Å². The molecule has 0 radical (unpaired) electrons. The highest BCUT2D eigenvalue weighted by molar-refractivity contribution is 5.79. The fourth-order valence-electron chi connectivity index (χ4n) is 3.86. The number of nitrogens with zero attached hydrogens (tertiary/aromatic N) is 1. The number of carbonyl (C=O) groups is 1. The molecule has 1 aliphatic heterocycles. The van der Waals surface area contributed by atoms with Crippen molar-refractivity contribution in [2.45, 2.75) is 76.6 Å². The molecular weight excluding hydrogens is 268 g/mol. The van der Waals surface area contributed by atoms with E-state index in [4.69, 9.17) is 4.74 Å². The van der Waals surface area contributed by atoms with Crippen molar-refractivity contribution in [2.75, 3.05) is 19.7 Å². The van der Waals surface area contributed by atoms with Crippen LogP contribution >= 0.6 is 0 Å². The number of ether oxygens (including phenoxy) is 1. The quantitative estimate of drug-likeness (QED) is 0.829. The number of carboxylic acid groups (broad SMARTS) is 1. The standard InChI is InChI=1S/C16H30N2O3/c1-12(2)17-16(15(19)20)7-4-6-14(10-16)18-8-5-9-21-13(3)11-18/h12-14,17H,4-11H2,1-3H3,(H,19,20). The lowest BCUT2D eigenvalue weighted by Gasteiger charge is -2.43. The summed E-state index contributed by atoms with van der Waals surface area (Å²) >= 11 is 0. The summed E-state index contributed by atoms with van der Waals surface area (Å²) in [4.78, 5) is 14.3. The van der Waals surface area contributed by atoms with E-state index in [9.17, 15) is 9.90 Å². The van der Waals surface area contributed by atoms with Gasteiger partial charge in [-0.15, -0.1) is 0 Å². The number of aliphatic carboxylic acids is 1. The predicted octanol–water partition coefficient (Wildman–Crippen LogP) is 1.86. The molecule has 5 heteroatoms. The fourth-order valence-corrected chi connectivity index (χ4v) is 3.86. The molecule has 2 rings (SSSR count). The summed E-state index contributed by atoms with van der Waals surface area (Å²) < 4.78 is 5.71. The van der Waals surface area contributed by atoms with Gasteiger partial charge in [0.05, 0.1) is 6.10 Å². The molecule has 21 heavy (non-hydrogen) atoms. The molecule has 1 heterocycles. The van der Waals surface area contributed by atoms with Gasteiger partial charge in [0.2, 0.25) is 0 Å². The first-order chi connectivity index (χ1) is 9.93. The topological polar surface area (TPSA) is 61.8 Å². The molecule has 0 aromatic heterocycles. The van der Waals surface area contributed by atoms with Gasteiger partial charge in [0.1, 0.15) is 5.54 Å². The monoisotopic (exact) mass is 298 g/mol. The van der Waals surface area contributed by atoms with Gasteiger partial charge in [-0.1, -0.05) is 0 Å². The van der Waals surface area contributed by atoms with Crippen molar-refractivity contribution in [3.63, 3.8) is 0 Å². The summed E-state index contributed by atoms with van der Waals surface area (Å²) in [6, 6.07) is 0.538. The molecule has 2 N–H and O–H groups in total. The Morgan fingerprint density at radius 1 is 1.43 bits per heavy atom. The third-order valence-corrected chi connectivity index (χ3v) is 4.70. The SMILES string of the molecule is CC(C)NC1(C(=O)O)CCCC(N2CCCOC(C)C2)C1. The maximum absolute atomic E-state index is 11.9. The maximum atomic E-state index is 11.9. The van der Waals surface area contributed by atoms with Crippen molar-refractivity contribution in [1.82, 2.24) is 10.2 Å². The summed E-state index contributed by atoms with van der Waals surface area (Å²) in [6.45, 7) is 8.91. The second kappa shape index (κ2) is 7.07. The van der Waals surface area contributed by atoms with Crippen molar-refractivity contribution >= 4 is 5.97 Å². The number of rotatable bonds is 4. The fraction of sp³-hybridized carbons (Fsp3) is 0.938. The van der Waals surface area contributed by atoms with E-state index in [1.165, 1.54) is 0 Å². The van der Waals surface area contributed by atoms with E-state index in [-0.39, 0.29) is 12.1 Å². The van der Waals surface area contributed by atoms with Gasteiger partial charge in [-0.05, 0) is 52.9 Å². The minimum Gasteiger partial charge on any atom is -0.480 e. The number of nitrogens with one attached hydrogen (secondary N) is 1. The highest BCUT2D eigenvalue weighted by Crippen LogP contribution is 2.33. The number of hydrogen-bond acceptors (Lipinski definition) is 4. The molecule has 5 nitrogen and oxygen atoms in total. The molecule has 2 aliphatic rings. The zero-order chi connectivity index (χ0) is 15.5. The van der Waals surface area contributed by atoms with Crippen LogP contribution in [0, 0.1) is 0 Å². The first-order valence-electron chi connectivity index (χ1n) is 8.30. The Balaban J connectivity index is 2.08. The zero-order valence-corrected chi connectivity index (χ0v) is 13.6. The Kier molecular flexibility index (Phi) is 5.63. The second-order valence-electron chi connectivity index (χ2n) is 6.97. The van der Waals surface area contributed by atoms with Crippen molar-refractivity contribution in [3.8, 4) is 0 Å². The second-order valence-corrected chi connectivity index (χ2v) is 6.97. The molecule has 1 saturated carbocycles. The molecule has 0 aromatic rings. The first kappa shape index (κ1) is 16.7. The lowest BCUT2D eigenvalue weighted by molar-refractivity contribution is -0.148. The molecule has 0 bridgehead atoms. The Morgan fingerprint density at radius 3 is 2.86 bits per heavy atom. The molecule has 0 amide bonds. The third kappa shape index (κ3) is 4.18. The minimum absolute atomic E-state index is 0.186. The summed E-state index contributed by atoms with van der Waals surface area (Å²) in [5, 5.41) is 13.1. The lowest BCUT2D eigenvalue weighted by Crippen LogP contribution is -2.60. The number of carboxylic acids is 1. The van der Waals surface area contributed by atoms with Gasteiger partial charge in [-0.2, -0.15) is 0 Å². The van der Waals surface area contributed by atoms with E-state index in [0.717, 1.165) is 45.4 Å². The van der Waals surface area contributed by atoms with Crippen LogP contribution in [0.5, 0.6) is 0 Å². The lowest BCUT2D eigenvalue weighted by atomic mass is 9.77. The molecule has 2 fully saturated rings. The van der Waals surface area contributed by atoms with Crippen molar-refractivity contribution in [3.05, 3.63) is 0 Å². The largest absolute Gasteiger partial charge is 0.480 e. The van der Waals surface area contributed by atoms with Gasteiger partial charge in [-0.3, -0.25) is 15.0 Å². The minimum atomic E-state index is -0.756. The van der Waals surface area contributed by atoms with E-state index < -0.39 is 11.5 Å². The van der Waals surface area contributed by atoms with Crippen molar-refractivity contribution in [2.24, 2.45) is 0 Å². The van der Waals surface area contributed by atoms with Crippen molar-refractivity contribution < 1.29 is 14.6 Å². The van der Waals surface area contributed by atoms with E-state index in [1.54, 1.807) is 0 Å². The van der Waals surface area contributed by atoms with Gasteiger partial charge < -0.3 is 9.84 Å². The molecule has 3 atom stereocenters. The summed E-state index contributed by atoms with van der Waals surface area (Å²) in [7, 11) is 0. The van der Waals surface area contributed by atoms with Crippen LogP contribution in [0.2, 0.25) is 0 Å². The van der Waals surface area contributed by atoms with E-state index in [1.807, 2.05) is 13.8 Å². The summed E-state index contributed by atoms with van der Waals surface area (Å²) in [6.07, 6.45) is 4.79. The molecular formula is C16H30N2O3. The van der Waals surface area contributed by atoms with Gasteiger partial charge in [0.15, 0.2) is 0 Å². The van der Waals surface area contributed by atoms with E-state index in [0.29, 0.717) is 12.5 Å². The highest BCUT2D eigenvalue weighted by Gasteiger charge is 2.44. The Morgan fingerprint density at radius 2 is 2.19 bits per heavy atom. The normalized spacial score (nSPS) is 35.6. The van der Waals surface area contributed by atoms with Crippen LogP contribution in [0.25, 0.3) is 0 Å². The van der Waals surface area contributed by atoms with E-state index >= 15 is 0 Å². The Hall–Kier alpha value is -0.650. The molecule has 122 valence electrons. The van der Waals surface area contributed by atoms with Crippen LogP contribution in [-0.2, 0) is 9.53 Å². The van der Waals surface area contributed by atoms with Crippen LogP contribution < -0.4 is 5.32 Å². The smallest absolute Gasteiger partial charge is 0.323 e. The highest BCUT2D eigenvalue weighted by atomic mass is 16.5. The maximum Gasteiger partial charge on any atom is 0.323 e. The van der Waals surface area contributed by atoms with E-state index in [2.05, 4.69) is 17.1 Å². The van der Waals surface area contributed by atoms with Crippen LogP contribution in [0.4, 0.5) is 0 Å². The molecule has 0 aromatic carbocycles. The summed E-state index contributed by atoms with van der Waals surface area (Å²) in [5.74, 6) is -0.694. The molecule has 1 aliphatic carbocycles. The predicted molar refractivity (Wildman–Crippen MR) is 82.5 cm³/mol. The first-order valence-corrected chi connectivity index (χ1v) is 8.30.